The predicted octanol–water partition coefficient (Wildman–Crippen LogP) is 2.91. The molecule has 1 saturated carbocycles. The molecule has 1 aromatic carbocycles. The van der Waals surface area contributed by atoms with Crippen LogP contribution in [0.4, 0.5) is 0 Å². The molecule has 0 aromatic heterocycles. The molecule has 100 valence electrons. The maximum Gasteiger partial charge on any atom is 0.243 e. The molecule has 0 spiro atoms. The molecule has 0 atom stereocenters. The van der Waals surface area contributed by atoms with Gasteiger partial charge in [0.05, 0.1) is 4.90 Å². The molecule has 0 heterocycles. The lowest BCUT2D eigenvalue weighted by Crippen LogP contribution is -2.32. The van der Waals surface area contributed by atoms with Crippen molar-refractivity contribution in [3.8, 4) is 0 Å². The molecule has 18 heavy (non-hydrogen) atoms. The Kier molecular flexibility index (Phi) is 3.99. The smallest absolute Gasteiger partial charge is 0.207 e. The van der Waals surface area contributed by atoms with Crippen LogP contribution in [0, 0.1) is 6.92 Å². The van der Waals surface area contributed by atoms with Crippen LogP contribution in [-0.4, -0.2) is 25.3 Å². The van der Waals surface area contributed by atoms with Crippen LogP contribution in [-0.2, 0) is 15.9 Å². The van der Waals surface area contributed by atoms with E-state index >= 15 is 0 Å². The minimum Gasteiger partial charge on any atom is -0.207 e. The first-order valence-electron chi connectivity index (χ1n) is 6.18. The van der Waals surface area contributed by atoms with Crippen molar-refractivity contribution in [2.45, 2.75) is 43.5 Å². The first kappa shape index (κ1) is 13.8. The van der Waals surface area contributed by atoms with Gasteiger partial charge < -0.3 is 0 Å². The SMILES string of the molecule is CCN(C1CC1)S(=O)(=O)c1ccc(C)c(CCl)c1. The molecule has 0 N–H and O–H groups in total. The van der Waals surface area contributed by atoms with Crippen LogP contribution in [0.15, 0.2) is 23.1 Å². The van der Waals surface area contributed by atoms with Crippen molar-refractivity contribution >= 4 is 21.6 Å². The van der Waals surface area contributed by atoms with Crippen LogP contribution in [0.2, 0.25) is 0 Å². The molecule has 0 unspecified atom stereocenters. The van der Waals surface area contributed by atoms with Gasteiger partial charge in [-0.3, -0.25) is 0 Å². The van der Waals surface area contributed by atoms with Gasteiger partial charge >= 0.3 is 0 Å². The number of hydrogen-bond acceptors (Lipinski definition) is 2. The molecular weight excluding hydrogens is 270 g/mol. The maximum atomic E-state index is 12.5. The molecule has 1 aliphatic rings. The van der Waals surface area contributed by atoms with E-state index in [9.17, 15) is 8.42 Å². The largest absolute Gasteiger partial charge is 0.243 e. The van der Waals surface area contributed by atoms with Crippen LogP contribution in [0.1, 0.15) is 30.9 Å². The fourth-order valence-electron chi connectivity index (χ4n) is 2.07. The monoisotopic (exact) mass is 287 g/mol. The fourth-order valence-corrected chi connectivity index (χ4v) is 4.11. The number of benzene rings is 1. The minimum absolute atomic E-state index is 0.195. The van der Waals surface area contributed by atoms with Gasteiger partial charge in [0, 0.05) is 18.5 Å². The minimum atomic E-state index is -3.36. The number of hydrogen-bond donors (Lipinski definition) is 0. The molecule has 0 aliphatic heterocycles. The van der Waals surface area contributed by atoms with E-state index < -0.39 is 10.0 Å². The number of rotatable bonds is 5. The summed E-state index contributed by atoms with van der Waals surface area (Å²) in [5.41, 5.74) is 1.91. The van der Waals surface area contributed by atoms with Gasteiger partial charge in [0.1, 0.15) is 0 Å². The zero-order valence-corrected chi connectivity index (χ0v) is 12.3. The van der Waals surface area contributed by atoms with Crippen molar-refractivity contribution in [3.63, 3.8) is 0 Å². The van der Waals surface area contributed by atoms with Crippen molar-refractivity contribution in [2.24, 2.45) is 0 Å². The second-order valence-electron chi connectivity index (χ2n) is 4.66. The van der Waals surface area contributed by atoms with Crippen molar-refractivity contribution in [2.75, 3.05) is 6.54 Å². The Balaban J connectivity index is 2.40. The third-order valence-electron chi connectivity index (χ3n) is 3.34. The number of alkyl halides is 1. The highest BCUT2D eigenvalue weighted by atomic mass is 35.5. The topological polar surface area (TPSA) is 37.4 Å². The lowest BCUT2D eigenvalue weighted by atomic mass is 10.1. The zero-order valence-electron chi connectivity index (χ0n) is 10.7. The third-order valence-corrected chi connectivity index (χ3v) is 5.65. The first-order valence-corrected chi connectivity index (χ1v) is 8.15. The van der Waals surface area contributed by atoms with E-state index in [1.807, 2.05) is 19.9 Å². The number of aryl methyl sites for hydroxylation is 1. The van der Waals surface area contributed by atoms with Gasteiger partial charge in [-0.1, -0.05) is 13.0 Å². The van der Waals surface area contributed by atoms with Gasteiger partial charge in [-0.2, -0.15) is 4.31 Å². The second-order valence-corrected chi connectivity index (χ2v) is 6.82. The van der Waals surface area contributed by atoms with Gasteiger partial charge in [-0.15, -0.1) is 11.6 Å². The van der Waals surface area contributed by atoms with Crippen molar-refractivity contribution < 1.29 is 8.42 Å². The predicted molar refractivity (Wildman–Crippen MR) is 73.3 cm³/mol. The summed E-state index contributed by atoms with van der Waals surface area (Å²) in [7, 11) is -3.36. The normalized spacial score (nSPS) is 16.2. The van der Waals surface area contributed by atoms with Gasteiger partial charge in [-0.05, 0) is 43.0 Å². The van der Waals surface area contributed by atoms with Gasteiger partial charge in [0.2, 0.25) is 10.0 Å². The Morgan fingerprint density at radius 2 is 2.06 bits per heavy atom. The van der Waals surface area contributed by atoms with E-state index in [-0.39, 0.29) is 6.04 Å². The Bertz CT molecular complexity index is 538. The van der Waals surface area contributed by atoms with E-state index in [0.717, 1.165) is 24.0 Å². The van der Waals surface area contributed by atoms with Crippen LogP contribution in [0.25, 0.3) is 0 Å². The summed E-state index contributed by atoms with van der Waals surface area (Å²) >= 11 is 5.83. The summed E-state index contributed by atoms with van der Waals surface area (Å²) in [4.78, 5) is 0.359. The van der Waals surface area contributed by atoms with Crippen LogP contribution in [0.5, 0.6) is 0 Å². The highest BCUT2D eigenvalue weighted by Crippen LogP contribution is 2.32. The Hall–Kier alpha value is -0.580. The summed E-state index contributed by atoms with van der Waals surface area (Å²) in [5, 5.41) is 0. The number of nitrogens with zero attached hydrogens (tertiary/aromatic N) is 1. The van der Waals surface area contributed by atoms with E-state index in [1.54, 1.807) is 16.4 Å². The summed E-state index contributed by atoms with van der Waals surface area (Å²) in [6.45, 7) is 4.34. The Morgan fingerprint density at radius 1 is 1.39 bits per heavy atom. The van der Waals surface area contributed by atoms with E-state index in [2.05, 4.69) is 0 Å². The molecular formula is C13H18ClNO2S. The van der Waals surface area contributed by atoms with Crippen molar-refractivity contribution in [3.05, 3.63) is 29.3 Å². The lowest BCUT2D eigenvalue weighted by molar-refractivity contribution is 0.421. The van der Waals surface area contributed by atoms with Gasteiger partial charge in [-0.25, -0.2) is 8.42 Å². The molecule has 1 aliphatic carbocycles. The van der Waals surface area contributed by atoms with Crippen molar-refractivity contribution in [1.29, 1.82) is 0 Å². The maximum absolute atomic E-state index is 12.5. The standard InChI is InChI=1S/C13H18ClNO2S/c1-3-15(12-5-6-12)18(16,17)13-7-4-10(2)11(8-13)9-14/h4,7-8,12H,3,5-6,9H2,1-2H3. The molecule has 1 fully saturated rings. The number of sulfonamides is 1. The molecule has 0 bridgehead atoms. The van der Waals surface area contributed by atoms with Crippen LogP contribution < -0.4 is 0 Å². The fraction of sp³-hybridized carbons (Fsp3) is 0.538. The molecule has 3 nitrogen and oxygen atoms in total. The summed E-state index contributed by atoms with van der Waals surface area (Å²) < 4.78 is 26.6. The summed E-state index contributed by atoms with van der Waals surface area (Å²) in [6.07, 6.45) is 1.95. The second kappa shape index (κ2) is 5.19. The Morgan fingerprint density at radius 3 is 2.56 bits per heavy atom. The molecule has 0 saturated heterocycles. The van der Waals surface area contributed by atoms with Crippen LogP contribution in [0.3, 0.4) is 0 Å². The van der Waals surface area contributed by atoms with E-state index in [4.69, 9.17) is 11.6 Å². The lowest BCUT2D eigenvalue weighted by Gasteiger charge is -2.20. The third kappa shape index (κ3) is 2.56. The van der Waals surface area contributed by atoms with Gasteiger partial charge in [0.15, 0.2) is 0 Å². The van der Waals surface area contributed by atoms with Crippen molar-refractivity contribution in [1.82, 2.24) is 4.31 Å². The zero-order chi connectivity index (χ0) is 13.3. The highest BCUT2D eigenvalue weighted by molar-refractivity contribution is 7.89. The van der Waals surface area contributed by atoms with Gasteiger partial charge in [0.25, 0.3) is 0 Å². The molecule has 0 radical (unpaired) electrons. The average molecular weight is 288 g/mol. The quantitative estimate of drug-likeness (QED) is 0.781. The molecule has 2 rings (SSSR count). The summed E-state index contributed by atoms with van der Waals surface area (Å²) in [5.74, 6) is 0.338. The molecule has 1 aromatic rings. The molecule has 5 heteroatoms. The van der Waals surface area contributed by atoms with E-state index in [0.29, 0.717) is 17.3 Å². The average Bonchev–Trinajstić information content (AvgIpc) is 3.14. The number of halogens is 1. The Labute approximate surface area is 114 Å². The highest BCUT2D eigenvalue weighted by Gasteiger charge is 2.36. The summed E-state index contributed by atoms with van der Waals surface area (Å²) in [6, 6.07) is 5.39. The van der Waals surface area contributed by atoms with Crippen LogP contribution >= 0.6 is 11.6 Å². The van der Waals surface area contributed by atoms with E-state index in [1.165, 1.54) is 0 Å². The molecule has 0 amide bonds. The first-order chi connectivity index (χ1) is 8.50.